The van der Waals surface area contributed by atoms with Gasteiger partial charge in [0.15, 0.2) is 5.11 Å². The predicted molar refractivity (Wildman–Crippen MR) is 115 cm³/mol. The van der Waals surface area contributed by atoms with E-state index in [-0.39, 0.29) is 5.75 Å². The van der Waals surface area contributed by atoms with E-state index in [1.165, 1.54) is 0 Å². The van der Waals surface area contributed by atoms with Crippen LogP contribution in [-0.2, 0) is 22.3 Å². The fourth-order valence-corrected chi connectivity index (χ4v) is 4.85. The van der Waals surface area contributed by atoms with Gasteiger partial charge in [0.25, 0.3) is 0 Å². The van der Waals surface area contributed by atoms with Crippen LogP contribution in [0.25, 0.3) is 0 Å². The summed E-state index contributed by atoms with van der Waals surface area (Å²) in [4.78, 5) is 2.02. The molecule has 0 amide bonds. The molecule has 1 saturated heterocycles. The Morgan fingerprint density at radius 3 is 2.25 bits per heavy atom. The highest BCUT2D eigenvalue weighted by molar-refractivity contribution is 7.88. The van der Waals surface area contributed by atoms with Gasteiger partial charge in [0.1, 0.15) is 5.75 Å². The molecule has 2 aromatic carbocycles. The lowest BCUT2D eigenvalue weighted by molar-refractivity contribution is 0.263. The van der Waals surface area contributed by atoms with Gasteiger partial charge in [-0.3, -0.25) is 0 Å². The lowest BCUT2D eigenvalue weighted by Gasteiger charge is -2.35. The molecule has 1 heterocycles. The summed E-state index contributed by atoms with van der Waals surface area (Å²) in [6, 6.07) is 17.1. The minimum Gasteiger partial charge on any atom is -0.497 e. The number of rotatable bonds is 6. The Morgan fingerprint density at radius 2 is 1.64 bits per heavy atom. The van der Waals surface area contributed by atoms with E-state index in [0.717, 1.165) is 16.9 Å². The van der Waals surface area contributed by atoms with Crippen molar-refractivity contribution in [3.05, 3.63) is 65.7 Å². The highest BCUT2D eigenvalue weighted by Crippen LogP contribution is 2.14. The largest absolute Gasteiger partial charge is 0.497 e. The minimum absolute atomic E-state index is 0.0357. The minimum atomic E-state index is -3.32. The third-order valence-electron chi connectivity index (χ3n) is 4.71. The van der Waals surface area contributed by atoms with Crippen molar-refractivity contribution in [3.8, 4) is 5.75 Å². The quantitative estimate of drug-likeness (QED) is 0.725. The van der Waals surface area contributed by atoms with Crippen LogP contribution in [0.15, 0.2) is 54.6 Å². The molecule has 3 rings (SSSR count). The summed E-state index contributed by atoms with van der Waals surface area (Å²) in [7, 11) is -1.68. The molecule has 0 saturated carbocycles. The van der Waals surface area contributed by atoms with Crippen molar-refractivity contribution < 1.29 is 13.2 Å². The molecule has 0 unspecified atom stereocenters. The SMILES string of the molecule is COc1ccc(CNC(=S)N2CCN(S(=O)(=O)Cc3ccccc3)CC2)cc1. The zero-order valence-electron chi connectivity index (χ0n) is 15.9. The molecule has 2 aromatic rings. The Hall–Kier alpha value is -2.16. The molecule has 1 fully saturated rings. The van der Waals surface area contributed by atoms with E-state index in [1.54, 1.807) is 11.4 Å². The lowest BCUT2D eigenvalue weighted by atomic mass is 10.2. The van der Waals surface area contributed by atoms with E-state index in [9.17, 15) is 8.42 Å². The standard InChI is InChI=1S/C20H25N3O3S2/c1-26-19-9-7-17(8-10-19)15-21-20(27)22-11-13-23(14-12-22)28(24,25)16-18-5-3-2-4-6-18/h2-10H,11-16H2,1H3,(H,21,27). The monoisotopic (exact) mass is 419 g/mol. The molecule has 1 aliphatic rings. The molecule has 1 aliphatic heterocycles. The molecule has 0 spiro atoms. The maximum Gasteiger partial charge on any atom is 0.218 e. The average molecular weight is 420 g/mol. The molecule has 0 bridgehead atoms. The predicted octanol–water partition coefficient (Wildman–Crippen LogP) is 2.22. The second kappa shape index (κ2) is 9.36. The first-order chi connectivity index (χ1) is 13.5. The molecule has 0 aliphatic carbocycles. The summed E-state index contributed by atoms with van der Waals surface area (Å²) >= 11 is 5.48. The number of methoxy groups -OCH3 is 1. The van der Waals surface area contributed by atoms with Crippen LogP contribution in [0.4, 0.5) is 0 Å². The fourth-order valence-electron chi connectivity index (χ4n) is 3.08. The van der Waals surface area contributed by atoms with Gasteiger partial charge in [-0.2, -0.15) is 4.31 Å². The molecular formula is C20H25N3O3S2. The third-order valence-corrected chi connectivity index (χ3v) is 6.97. The first-order valence-electron chi connectivity index (χ1n) is 9.15. The second-order valence-electron chi connectivity index (χ2n) is 6.63. The topological polar surface area (TPSA) is 61.9 Å². The van der Waals surface area contributed by atoms with Crippen molar-refractivity contribution in [2.75, 3.05) is 33.3 Å². The van der Waals surface area contributed by atoms with Crippen molar-refractivity contribution in [2.24, 2.45) is 0 Å². The van der Waals surface area contributed by atoms with E-state index in [4.69, 9.17) is 17.0 Å². The number of nitrogens with zero attached hydrogens (tertiary/aromatic N) is 2. The molecular weight excluding hydrogens is 394 g/mol. The first kappa shape index (κ1) is 20.6. The second-order valence-corrected chi connectivity index (χ2v) is 8.99. The number of thiocarbonyl (C=S) groups is 1. The summed E-state index contributed by atoms with van der Waals surface area (Å²) in [6.07, 6.45) is 0. The maximum absolute atomic E-state index is 12.6. The normalized spacial score (nSPS) is 15.2. The van der Waals surface area contributed by atoms with Gasteiger partial charge in [0.2, 0.25) is 10.0 Å². The van der Waals surface area contributed by atoms with Gasteiger partial charge in [0, 0.05) is 32.7 Å². The Morgan fingerprint density at radius 1 is 1.00 bits per heavy atom. The summed E-state index contributed by atoms with van der Waals surface area (Å²) in [6.45, 7) is 2.68. The van der Waals surface area contributed by atoms with Gasteiger partial charge in [0.05, 0.1) is 12.9 Å². The highest BCUT2D eigenvalue weighted by atomic mass is 32.2. The van der Waals surface area contributed by atoms with Crippen LogP contribution in [0.3, 0.4) is 0 Å². The Balaban J connectivity index is 1.48. The van der Waals surface area contributed by atoms with E-state index in [1.807, 2.05) is 59.5 Å². The smallest absolute Gasteiger partial charge is 0.218 e. The van der Waals surface area contributed by atoms with E-state index >= 15 is 0 Å². The Labute approximate surface area is 172 Å². The van der Waals surface area contributed by atoms with Crippen molar-refractivity contribution in [2.45, 2.75) is 12.3 Å². The number of sulfonamides is 1. The lowest BCUT2D eigenvalue weighted by Crippen LogP contribution is -2.53. The molecule has 150 valence electrons. The number of benzene rings is 2. The summed E-state index contributed by atoms with van der Waals surface area (Å²) in [5.41, 5.74) is 1.91. The zero-order valence-corrected chi connectivity index (χ0v) is 17.5. The highest BCUT2D eigenvalue weighted by Gasteiger charge is 2.27. The van der Waals surface area contributed by atoms with Crippen LogP contribution in [0, 0.1) is 0 Å². The number of nitrogens with one attached hydrogen (secondary N) is 1. The average Bonchev–Trinajstić information content (AvgIpc) is 2.73. The molecule has 0 radical (unpaired) electrons. The molecule has 28 heavy (non-hydrogen) atoms. The molecule has 8 heteroatoms. The first-order valence-corrected chi connectivity index (χ1v) is 11.2. The summed E-state index contributed by atoms with van der Waals surface area (Å²) in [5, 5.41) is 3.90. The van der Waals surface area contributed by atoms with Crippen molar-refractivity contribution >= 4 is 27.4 Å². The van der Waals surface area contributed by atoms with Gasteiger partial charge in [-0.1, -0.05) is 42.5 Å². The van der Waals surface area contributed by atoms with Gasteiger partial charge in [-0.05, 0) is 35.5 Å². The van der Waals surface area contributed by atoms with Crippen molar-refractivity contribution in [3.63, 3.8) is 0 Å². The Kier molecular flexibility index (Phi) is 6.88. The van der Waals surface area contributed by atoms with Gasteiger partial charge >= 0.3 is 0 Å². The van der Waals surface area contributed by atoms with Crippen LogP contribution in [0.1, 0.15) is 11.1 Å². The number of ether oxygens (including phenoxy) is 1. The maximum atomic E-state index is 12.6. The summed E-state index contributed by atoms with van der Waals surface area (Å²) < 4.78 is 32.0. The van der Waals surface area contributed by atoms with E-state index in [0.29, 0.717) is 37.8 Å². The van der Waals surface area contributed by atoms with Crippen LogP contribution < -0.4 is 10.1 Å². The van der Waals surface area contributed by atoms with Crippen LogP contribution >= 0.6 is 12.2 Å². The molecule has 0 aromatic heterocycles. The van der Waals surface area contributed by atoms with E-state index < -0.39 is 10.0 Å². The van der Waals surface area contributed by atoms with Crippen LogP contribution in [0.5, 0.6) is 5.75 Å². The molecule has 0 atom stereocenters. The fraction of sp³-hybridized carbons (Fsp3) is 0.350. The van der Waals surface area contributed by atoms with E-state index in [2.05, 4.69) is 5.32 Å². The number of hydrogen-bond donors (Lipinski definition) is 1. The van der Waals surface area contributed by atoms with Crippen molar-refractivity contribution in [1.82, 2.24) is 14.5 Å². The van der Waals surface area contributed by atoms with Crippen molar-refractivity contribution in [1.29, 1.82) is 0 Å². The van der Waals surface area contributed by atoms with Gasteiger partial charge < -0.3 is 15.0 Å². The molecule has 1 N–H and O–H groups in total. The Bertz CT molecular complexity index is 879. The summed E-state index contributed by atoms with van der Waals surface area (Å²) in [5.74, 6) is 0.854. The van der Waals surface area contributed by atoms with Crippen LogP contribution in [-0.4, -0.2) is 56.0 Å². The van der Waals surface area contributed by atoms with Gasteiger partial charge in [-0.25, -0.2) is 8.42 Å². The zero-order chi connectivity index (χ0) is 20.0. The number of piperazine rings is 1. The third kappa shape index (κ3) is 5.43. The molecule has 6 nitrogen and oxygen atoms in total. The van der Waals surface area contributed by atoms with Gasteiger partial charge in [-0.15, -0.1) is 0 Å². The number of hydrogen-bond acceptors (Lipinski definition) is 4. The van der Waals surface area contributed by atoms with Crippen LogP contribution in [0.2, 0.25) is 0 Å².